The minimum atomic E-state index is -0.229. The summed E-state index contributed by atoms with van der Waals surface area (Å²) in [7, 11) is 0. The Morgan fingerprint density at radius 1 is 1.42 bits per heavy atom. The Morgan fingerprint density at radius 2 is 2.33 bits per heavy atom. The predicted octanol–water partition coefficient (Wildman–Crippen LogP) is 3.49. The Kier molecular flexibility index (Phi) is 4.50. The van der Waals surface area contributed by atoms with Crippen molar-refractivity contribution in [3.05, 3.63) is 39.7 Å². The lowest BCUT2D eigenvalue weighted by Gasteiger charge is -2.26. The van der Waals surface area contributed by atoms with E-state index in [-0.39, 0.29) is 5.82 Å². The van der Waals surface area contributed by atoms with Crippen LogP contribution < -0.4 is 10.2 Å². The summed E-state index contributed by atoms with van der Waals surface area (Å²) in [6, 6.07) is 3.92. The second-order valence-electron chi connectivity index (χ2n) is 6.62. The molecule has 0 bridgehead atoms. The molecule has 2 aliphatic rings. The number of anilines is 1. The molecule has 6 heteroatoms. The zero-order chi connectivity index (χ0) is 16.5. The van der Waals surface area contributed by atoms with Crippen LogP contribution in [-0.4, -0.2) is 29.1 Å². The number of aryl methyl sites for hydroxylation is 2. The standard InChI is InChI=1S/C18H23FN4S/c1-2-16-22-15-7-3-6-14(17(15)24-16)21-12-8-10-23(11-12)18-13(19)5-4-9-20-18/h4-5,9,12,14,21H,2-3,6-8,10-11H2,1H3/t12-,14+/m0/s1. The number of hydrogen-bond donors (Lipinski definition) is 1. The van der Waals surface area contributed by atoms with Crippen LogP contribution in [0.4, 0.5) is 10.2 Å². The third-order valence-corrected chi connectivity index (χ3v) is 6.32. The SMILES string of the molecule is CCc1nc2c(s1)[C@H](N[C@H]1CCN(c3ncccc3F)C1)CCC2. The van der Waals surface area contributed by atoms with Gasteiger partial charge in [0.1, 0.15) is 0 Å². The molecule has 0 radical (unpaired) electrons. The largest absolute Gasteiger partial charge is 0.353 e. The summed E-state index contributed by atoms with van der Waals surface area (Å²) < 4.78 is 13.9. The van der Waals surface area contributed by atoms with Gasteiger partial charge >= 0.3 is 0 Å². The summed E-state index contributed by atoms with van der Waals surface area (Å²) in [6.45, 7) is 3.84. The molecule has 2 atom stereocenters. The molecule has 1 N–H and O–H groups in total. The molecule has 1 fully saturated rings. The molecule has 0 unspecified atom stereocenters. The van der Waals surface area contributed by atoms with Crippen LogP contribution in [0.15, 0.2) is 18.3 Å². The highest BCUT2D eigenvalue weighted by atomic mass is 32.1. The highest BCUT2D eigenvalue weighted by Crippen LogP contribution is 2.35. The monoisotopic (exact) mass is 346 g/mol. The average molecular weight is 346 g/mol. The first kappa shape index (κ1) is 16.0. The number of thiazole rings is 1. The summed E-state index contributed by atoms with van der Waals surface area (Å²) in [5, 5.41) is 5.06. The van der Waals surface area contributed by atoms with Crippen LogP contribution in [0.25, 0.3) is 0 Å². The maximum absolute atomic E-state index is 13.9. The van der Waals surface area contributed by atoms with Gasteiger partial charge in [-0.1, -0.05) is 6.92 Å². The highest BCUT2D eigenvalue weighted by molar-refractivity contribution is 7.11. The van der Waals surface area contributed by atoms with Gasteiger partial charge in [-0.3, -0.25) is 0 Å². The van der Waals surface area contributed by atoms with Crippen LogP contribution in [0.5, 0.6) is 0 Å². The normalized spacial score (nSPS) is 23.5. The molecule has 2 aromatic rings. The van der Waals surface area contributed by atoms with Crippen molar-refractivity contribution in [1.82, 2.24) is 15.3 Å². The van der Waals surface area contributed by atoms with Crippen molar-refractivity contribution >= 4 is 17.2 Å². The van der Waals surface area contributed by atoms with Crippen molar-refractivity contribution in [3.8, 4) is 0 Å². The van der Waals surface area contributed by atoms with Crippen molar-refractivity contribution in [1.29, 1.82) is 0 Å². The van der Waals surface area contributed by atoms with Gasteiger partial charge in [0.15, 0.2) is 11.6 Å². The van der Waals surface area contributed by atoms with Gasteiger partial charge in [-0.25, -0.2) is 14.4 Å². The molecule has 1 saturated heterocycles. The molecule has 128 valence electrons. The second kappa shape index (κ2) is 6.76. The van der Waals surface area contributed by atoms with Crippen LogP contribution in [0.1, 0.15) is 47.8 Å². The molecule has 3 heterocycles. The number of rotatable bonds is 4. The predicted molar refractivity (Wildman–Crippen MR) is 95.1 cm³/mol. The van der Waals surface area contributed by atoms with Gasteiger partial charge < -0.3 is 10.2 Å². The molecule has 4 nitrogen and oxygen atoms in total. The zero-order valence-electron chi connectivity index (χ0n) is 14.0. The van der Waals surface area contributed by atoms with Gasteiger partial charge in [-0.05, 0) is 44.2 Å². The van der Waals surface area contributed by atoms with Crippen LogP contribution >= 0.6 is 11.3 Å². The summed E-state index contributed by atoms with van der Waals surface area (Å²) in [4.78, 5) is 12.5. The summed E-state index contributed by atoms with van der Waals surface area (Å²) in [5.74, 6) is 0.255. The van der Waals surface area contributed by atoms with Gasteiger partial charge in [-0.2, -0.15) is 0 Å². The Balaban J connectivity index is 1.44. The lowest BCUT2D eigenvalue weighted by Crippen LogP contribution is -2.36. The van der Waals surface area contributed by atoms with Crippen molar-refractivity contribution in [2.24, 2.45) is 0 Å². The molecule has 4 rings (SSSR count). The molecule has 24 heavy (non-hydrogen) atoms. The van der Waals surface area contributed by atoms with E-state index in [0.29, 0.717) is 17.9 Å². The van der Waals surface area contributed by atoms with E-state index >= 15 is 0 Å². The first-order valence-corrected chi connectivity index (χ1v) is 9.66. The summed E-state index contributed by atoms with van der Waals surface area (Å²) in [5.41, 5.74) is 1.30. The lowest BCUT2D eigenvalue weighted by atomic mass is 9.97. The van der Waals surface area contributed by atoms with Gasteiger partial charge in [0, 0.05) is 36.2 Å². The van der Waals surface area contributed by atoms with Gasteiger partial charge in [0.25, 0.3) is 0 Å². The maximum atomic E-state index is 13.9. The van der Waals surface area contributed by atoms with Crippen LogP contribution in [0.3, 0.4) is 0 Å². The van der Waals surface area contributed by atoms with E-state index < -0.39 is 0 Å². The summed E-state index contributed by atoms with van der Waals surface area (Å²) in [6.07, 6.45) is 7.19. The zero-order valence-corrected chi connectivity index (χ0v) is 14.8. The lowest BCUT2D eigenvalue weighted by molar-refractivity contribution is 0.413. The van der Waals surface area contributed by atoms with Crippen LogP contribution in [0.2, 0.25) is 0 Å². The number of fused-ring (bicyclic) bond motifs is 1. The van der Waals surface area contributed by atoms with Crippen molar-refractivity contribution in [2.45, 2.75) is 51.1 Å². The Hall–Kier alpha value is -1.53. The first-order valence-electron chi connectivity index (χ1n) is 8.84. The van der Waals surface area contributed by atoms with Crippen LogP contribution in [-0.2, 0) is 12.8 Å². The van der Waals surface area contributed by atoms with E-state index in [2.05, 4.69) is 22.1 Å². The fourth-order valence-electron chi connectivity index (χ4n) is 3.76. The number of pyridine rings is 1. The van der Waals surface area contributed by atoms with Gasteiger partial charge in [0.05, 0.1) is 10.7 Å². The third-order valence-electron chi connectivity index (χ3n) is 4.96. The molecule has 1 aliphatic carbocycles. The van der Waals surface area contributed by atoms with E-state index in [9.17, 15) is 4.39 Å². The minimum Gasteiger partial charge on any atom is -0.353 e. The van der Waals surface area contributed by atoms with Crippen LogP contribution in [0, 0.1) is 5.82 Å². The summed E-state index contributed by atoms with van der Waals surface area (Å²) >= 11 is 1.87. The van der Waals surface area contributed by atoms with Crippen molar-refractivity contribution < 1.29 is 4.39 Å². The smallest absolute Gasteiger partial charge is 0.165 e. The molecule has 2 aromatic heterocycles. The molecular formula is C18H23FN4S. The number of aromatic nitrogens is 2. The fourth-order valence-corrected chi connectivity index (χ4v) is 4.91. The number of nitrogens with zero attached hydrogens (tertiary/aromatic N) is 3. The van der Waals surface area contributed by atoms with E-state index in [0.717, 1.165) is 32.4 Å². The molecule has 0 saturated carbocycles. The van der Waals surface area contributed by atoms with Crippen molar-refractivity contribution in [2.75, 3.05) is 18.0 Å². The second-order valence-corrected chi connectivity index (χ2v) is 7.74. The highest BCUT2D eigenvalue weighted by Gasteiger charge is 2.30. The first-order chi connectivity index (χ1) is 11.7. The molecular weight excluding hydrogens is 323 g/mol. The number of hydrogen-bond acceptors (Lipinski definition) is 5. The van der Waals surface area contributed by atoms with Gasteiger partial charge in [0.2, 0.25) is 0 Å². The fraction of sp³-hybridized carbons (Fsp3) is 0.556. The molecule has 0 spiro atoms. The topological polar surface area (TPSA) is 41.1 Å². The number of nitrogens with one attached hydrogen (secondary N) is 1. The number of halogens is 1. The Labute approximate surface area is 146 Å². The van der Waals surface area contributed by atoms with E-state index in [1.807, 2.05) is 11.3 Å². The van der Waals surface area contributed by atoms with E-state index in [1.54, 1.807) is 12.3 Å². The minimum absolute atomic E-state index is 0.229. The molecule has 0 amide bonds. The third kappa shape index (κ3) is 3.05. The maximum Gasteiger partial charge on any atom is 0.165 e. The Bertz CT molecular complexity index is 717. The van der Waals surface area contributed by atoms with E-state index in [1.165, 1.54) is 34.5 Å². The van der Waals surface area contributed by atoms with E-state index in [4.69, 9.17) is 4.98 Å². The molecule has 1 aliphatic heterocycles. The van der Waals surface area contributed by atoms with Crippen molar-refractivity contribution in [3.63, 3.8) is 0 Å². The molecule has 0 aromatic carbocycles. The quantitative estimate of drug-likeness (QED) is 0.920. The average Bonchev–Trinajstić information content (AvgIpc) is 3.22. The Morgan fingerprint density at radius 3 is 3.17 bits per heavy atom. The van der Waals surface area contributed by atoms with Gasteiger partial charge in [-0.15, -0.1) is 11.3 Å².